The lowest BCUT2D eigenvalue weighted by Gasteiger charge is -2.21. The van der Waals surface area contributed by atoms with Crippen molar-refractivity contribution in [3.63, 3.8) is 0 Å². The average Bonchev–Trinajstić information content (AvgIpc) is 2.92. The molecule has 2 rings (SSSR count). The van der Waals surface area contributed by atoms with E-state index in [9.17, 15) is 9.59 Å². The predicted octanol–water partition coefficient (Wildman–Crippen LogP) is 1.48. The standard InChI is InChI=1S/C17H25N3O2.ClH/c1-12(21)20-10-15(16(11-20)17(22)19(3)4)14-7-5-13(6-8-14)9-18-2;/h5-8,15-16,18H,9-11H2,1-4H3;1H/t15-,16+;/m0./s1. The van der Waals surface area contributed by atoms with E-state index in [1.807, 2.05) is 7.05 Å². The number of amides is 2. The van der Waals surface area contributed by atoms with Crippen molar-refractivity contribution in [1.82, 2.24) is 15.1 Å². The van der Waals surface area contributed by atoms with Crippen molar-refractivity contribution in [3.8, 4) is 0 Å². The van der Waals surface area contributed by atoms with Crippen molar-refractivity contribution in [2.75, 3.05) is 34.2 Å². The highest BCUT2D eigenvalue weighted by molar-refractivity contribution is 5.85. The Morgan fingerprint density at radius 3 is 2.30 bits per heavy atom. The Hall–Kier alpha value is -1.59. The Balaban J connectivity index is 0.00000264. The van der Waals surface area contributed by atoms with Gasteiger partial charge in [-0.25, -0.2) is 0 Å². The van der Waals surface area contributed by atoms with Crippen LogP contribution in [0.15, 0.2) is 24.3 Å². The Morgan fingerprint density at radius 1 is 1.22 bits per heavy atom. The molecule has 23 heavy (non-hydrogen) atoms. The molecule has 0 spiro atoms. The summed E-state index contributed by atoms with van der Waals surface area (Å²) in [5.41, 5.74) is 2.34. The van der Waals surface area contributed by atoms with Crippen LogP contribution < -0.4 is 5.32 Å². The smallest absolute Gasteiger partial charge is 0.227 e. The van der Waals surface area contributed by atoms with Gasteiger partial charge in [0, 0.05) is 46.6 Å². The second-order valence-electron chi connectivity index (χ2n) is 6.14. The molecule has 1 aliphatic rings. The van der Waals surface area contributed by atoms with Crippen molar-refractivity contribution in [2.45, 2.75) is 19.4 Å². The molecule has 1 N–H and O–H groups in total. The molecule has 1 fully saturated rings. The largest absolute Gasteiger partial charge is 0.349 e. The molecule has 6 heteroatoms. The normalized spacial score (nSPS) is 20.1. The minimum atomic E-state index is -0.158. The van der Waals surface area contributed by atoms with E-state index in [0.717, 1.165) is 12.1 Å². The summed E-state index contributed by atoms with van der Waals surface area (Å²) in [6.07, 6.45) is 0. The van der Waals surface area contributed by atoms with Crippen molar-refractivity contribution >= 4 is 24.2 Å². The predicted molar refractivity (Wildman–Crippen MR) is 93.6 cm³/mol. The molecule has 0 aromatic heterocycles. The van der Waals surface area contributed by atoms with Gasteiger partial charge in [-0.15, -0.1) is 12.4 Å². The summed E-state index contributed by atoms with van der Waals surface area (Å²) in [7, 11) is 5.46. The van der Waals surface area contributed by atoms with Crippen LogP contribution in [0.3, 0.4) is 0 Å². The lowest BCUT2D eigenvalue weighted by atomic mass is 9.87. The van der Waals surface area contributed by atoms with Crippen molar-refractivity contribution in [2.24, 2.45) is 5.92 Å². The Kier molecular flexibility index (Phi) is 7.03. The molecule has 1 saturated heterocycles. The van der Waals surface area contributed by atoms with Crippen LogP contribution in [0.4, 0.5) is 0 Å². The second-order valence-corrected chi connectivity index (χ2v) is 6.14. The molecular formula is C17H26ClN3O2. The third kappa shape index (κ3) is 4.45. The fourth-order valence-electron chi connectivity index (χ4n) is 3.07. The lowest BCUT2D eigenvalue weighted by molar-refractivity contribution is -0.133. The van der Waals surface area contributed by atoms with Crippen molar-refractivity contribution < 1.29 is 9.59 Å². The molecule has 2 amide bonds. The molecule has 5 nitrogen and oxygen atoms in total. The van der Waals surface area contributed by atoms with E-state index in [-0.39, 0.29) is 36.1 Å². The van der Waals surface area contributed by atoms with Crippen molar-refractivity contribution in [1.29, 1.82) is 0 Å². The fraction of sp³-hybridized carbons (Fsp3) is 0.529. The average molecular weight is 340 g/mol. The number of halogens is 1. The number of hydrogen-bond donors (Lipinski definition) is 1. The molecule has 0 radical (unpaired) electrons. The highest BCUT2D eigenvalue weighted by atomic mass is 35.5. The first kappa shape index (κ1) is 19.5. The lowest BCUT2D eigenvalue weighted by Crippen LogP contribution is -2.34. The Bertz CT molecular complexity index is 545. The summed E-state index contributed by atoms with van der Waals surface area (Å²) < 4.78 is 0. The first-order chi connectivity index (χ1) is 10.4. The van der Waals surface area contributed by atoms with Crippen LogP contribution in [-0.4, -0.2) is 55.8 Å². The number of nitrogens with one attached hydrogen (secondary N) is 1. The van der Waals surface area contributed by atoms with Gasteiger partial charge < -0.3 is 15.1 Å². The van der Waals surface area contributed by atoms with E-state index in [1.54, 1.807) is 30.8 Å². The fourth-order valence-corrected chi connectivity index (χ4v) is 3.07. The minimum Gasteiger partial charge on any atom is -0.349 e. The number of likely N-dealkylation sites (tertiary alicyclic amines) is 1. The molecule has 1 aromatic rings. The molecule has 0 unspecified atom stereocenters. The van der Waals surface area contributed by atoms with Gasteiger partial charge in [0.15, 0.2) is 0 Å². The van der Waals surface area contributed by atoms with Gasteiger partial charge in [-0.1, -0.05) is 24.3 Å². The SMILES string of the molecule is CNCc1ccc([C@@H]2CN(C(C)=O)C[C@H]2C(=O)N(C)C)cc1.Cl. The zero-order chi connectivity index (χ0) is 16.3. The second kappa shape index (κ2) is 8.31. The molecule has 0 aliphatic carbocycles. The monoisotopic (exact) mass is 339 g/mol. The van der Waals surface area contributed by atoms with Gasteiger partial charge in [-0.3, -0.25) is 9.59 Å². The number of carbonyl (C=O) groups excluding carboxylic acids is 2. The Morgan fingerprint density at radius 2 is 1.83 bits per heavy atom. The molecule has 1 aliphatic heterocycles. The summed E-state index contributed by atoms with van der Waals surface area (Å²) in [5, 5.41) is 3.12. The summed E-state index contributed by atoms with van der Waals surface area (Å²) in [6.45, 7) is 3.51. The van der Waals surface area contributed by atoms with Gasteiger partial charge in [-0.05, 0) is 18.2 Å². The maximum Gasteiger partial charge on any atom is 0.227 e. The van der Waals surface area contributed by atoms with Gasteiger partial charge in [-0.2, -0.15) is 0 Å². The highest BCUT2D eigenvalue weighted by Crippen LogP contribution is 2.34. The third-order valence-corrected chi connectivity index (χ3v) is 4.31. The van der Waals surface area contributed by atoms with E-state index in [2.05, 4.69) is 29.6 Å². The minimum absolute atomic E-state index is 0. The van der Waals surface area contributed by atoms with Crippen LogP contribution in [-0.2, 0) is 16.1 Å². The molecule has 1 heterocycles. The van der Waals surface area contributed by atoms with E-state index in [4.69, 9.17) is 0 Å². The first-order valence-corrected chi connectivity index (χ1v) is 7.64. The number of benzene rings is 1. The summed E-state index contributed by atoms with van der Waals surface area (Å²) in [6, 6.07) is 8.33. The van der Waals surface area contributed by atoms with E-state index in [0.29, 0.717) is 13.1 Å². The number of rotatable bonds is 4. The summed E-state index contributed by atoms with van der Waals surface area (Å²) in [4.78, 5) is 27.5. The summed E-state index contributed by atoms with van der Waals surface area (Å²) >= 11 is 0. The number of hydrogen-bond acceptors (Lipinski definition) is 3. The van der Waals surface area contributed by atoms with Gasteiger partial charge in [0.2, 0.25) is 11.8 Å². The topological polar surface area (TPSA) is 52.7 Å². The maximum atomic E-state index is 12.4. The van der Waals surface area contributed by atoms with Gasteiger partial charge in [0.05, 0.1) is 5.92 Å². The molecular weight excluding hydrogens is 314 g/mol. The van der Waals surface area contributed by atoms with E-state index >= 15 is 0 Å². The van der Waals surface area contributed by atoms with Gasteiger partial charge in [0.25, 0.3) is 0 Å². The third-order valence-electron chi connectivity index (χ3n) is 4.31. The molecule has 128 valence electrons. The first-order valence-electron chi connectivity index (χ1n) is 7.64. The highest BCUT2D eigenvalue weighted by Gasteiger charge is 2.40. The number of carbonyl (C=O) groups is 2. The maximum absolute atomic E-state index is 12.4. The zero-order valence-electron chi connectivity index (χ0n) is 14.2. The zero-order valence-corrected chi connectivity index (χ0v) is 15.0. The molecule has 2 atom stereocenters. The van der Waals surface area contributed by atoms with Crippen LogP contribution in [0.1, 0.15) is 24.0 Å². The van der Waals surface area contributed by atoms with E-state index in [1.165, 1.54) is 5.56 Å². The van der Waals surface area contributed by atoms with Crippen LogP contribution in [0, 0.1) is 5.92 Å². The molecule has 0 bridgehead atoms. The quantitative estimate of drug-likeness (QED) is 0.904. The van der Waals surface area contributed by atoms with Crippen LogP contribution in [0.25, 0.3) is 0 Å². The van der Waals surface area contributed by atoms with Crippen LogP contribution in [0.5, 0.6) is 0 Å². The van der Waals surface area contributed by atoms with Gasteiger partial charge in [0.1, 0.15) is 0 Å². The number of nitrogens with zero attached hydrogens (tertiary/aromatic N) is 2. The molecule has 1 aromatic carbocycles. The van der Waals surface area contributed by atoms with E-state index < -0.39 is 0 Å². The van der Waals surface area contributed by atoms with Gasteiger partial charge >= 0.3 is 0 Å². The van der Waals surface area contributed by atoms with Crippen molar-refractivity contribution in [3.05, 3.63) is 35.4 Å². The Labute approximate surface area is 144 Å². The van der Waals surface area contributed by atoms with Crippen LogP contribution in [0.2, 0.25) is 0 Å². The molecule has 0 saturated carbocycles. The summed E-state index contributed by atoms with van der Waals surface area (Å²) in [5.74, 6) is 0.0374. The van der Waals surface area contributed by atoms with Crippen LogP contribution >= 0.6 is 12.4 Å².